The predicted molar refractivity (Wildman–Crippen MR) is 70.7 cm³/mol. The number of aliphatic hydroxyl groups is 1. The van der Waals surface area contributed by atoms with Crippen LogP contribution in [0.5, 0.6) is 11.5 Å². The Labute approximate surface area is 112 Å². The second-order valence-corrected chi connectivity index (χ2v) is 5.01. The molecule has 2 bridgehead atoms. The van der Waals surface area contributed by atoms with Crippen molar-refractivity contribution < 1.29 is 19.3 Å². The van der Waals surface area contributed by atoms with Crippen LogP contribution in [0.2, 0.25) is 0 Å². The summed E-state index contributed by atoms with van der Waals surface area (Å²) in [6, 6.07) is 3.77. The number of ether oxygens (including phenoxy) is 3. The average Bonchev–Trinajstić information content (AvgIpc) is 2.46. The van der Waals surface area contributed by atoms with Gasteiger partial charge in [0.1, 0.15) is 17.1 Å². The normalized spacial score (nSPS) is 31.2. The van der Waals surface area contributed by atoms with Crippen LogP contribution in [0.15, 0.2) is 24.3 Å². The Morgan fingerprint density at radius 1 is 1.16 bits per heavy atom. The van der Waals surface area contributed by atoms with Crippen molar-refractivity contribution in [3.05, 3.63) is 35.4 Å². The highest BCUT2D eigenvalue weighted by Gasteiger charge is 2.49. The molecule has 4 rings (SSSR count). The Hall–Kier alpha value is -1.52. The highest BCUT2D eigenvalue weighted by molar-refractivity contribution is 5.60. The van der Waals surface area contributed by atoms with E-state index in [-0.39, 0.29) is 5.92 Å². The summed E-state index contributed by atoms with van der Waals surface area (Å²) in [6.45, 7) is 0. The lowest BCUT2D eigenvalue weighted by Gasteiger charge is -2.46. The zero-order valence-corrected chi connectivity index (χ0v) is 11.3. The number of aliphatic hydroxyl groups excluding tert-OH is 1. The van der Waals surface area contributed by atoms with Crippen molar-refractivity contribution in [1.29, 1.82) is 0 Å². The SMILES string of the molecule is COc1ccc(OC)c2c1C1C=CC2(OC)CC1O. The van der Waals surface area contributed by atoms with Crippen LogP contribution in [0.4, 0.5) is 0 Å². The highest BCUT2D eigenvalue weighted by Crippen LogP contribution is 2.55. The molecular formula is C15H18O4. The van der Waals surface area contributed by atoms with E-state index in [0.29, 0.717) is 6.42 Å². The van der Waals surface area contributed by atoms with E-state index >= 15 is 0 Å². The lowest BCUT2D eigenvalue weighted by Crippen LogP contribution is -2.43. The van der Waals surface area contributed by atoms with Gasteiger partial charge in [0.05, 0.1) is 20.3 Å². The van der Waals surface area contributed by atoms with Crippen LogP contribution in [-0.4, -0.2) is 32.5 Å². The summed E-state index contributed by atoms with van der Waals surface area (Å²) in [7, 11) is 4.94. The number of fused-ring (bicyclic) bond motifs is 1. The Kier molecular flexibility index (Phi) is 2.80. The Morgan fingerprint density at radius 3 is 2.42 bits per heavy atom. The molecule has 3 aliphatic rings. The molecule has 3 unspecified atom stereocenters. The molecule has 0 aromatic heterocycles. The Bertz CT molecular complexity index is 537. The molecule has 0 heterocycles. The molecule has 0 spiro atoms. The lowest BCUT2D eigenvalue weighted by atomic mass is 9.66. The fourth-order valence-electron chi connectivity index (χ4n) is 3.32. The van der Waals surface area contributed by atoms with Gasteiger partial charge < -0.3 is 19.3 Å². The van der Waals surface area contributed by atoms with Crippen molar-refractivity contribution in [2.45, 2.75) is 24.0 Å². The van der Waals surface area contributed by atoms with Gasteiger partial charge in [-0.15, -0.1) is 0 Å². The van der Waals surface area contributed by atoms with Crippen LogP contribution < -0.4 is 9.47 Å². The molecule has 1 aromatic rings. The van der Waals surface area contributed by atoms with E-state index in [1.165, 1.54) is 0 Å². The monoisotopic (exact) mass is 262 g/mol. The van der Waals surface area contributed by atoms with Gasteiger partial charge in [0.25, 0.3) is 0 Å². The molecule has 0 fully saturated rings. The first kappa shape index (κ1) is 12.5. The van der Waals surface area contributed by atoms with Gasteiger partial charge in [-0.25, -0.2) is 0 Å². The van der Waals surface area contributed by atoms with Gasteiger partial charge in [0, 0.05) is 30.6 Å². The fraction of sp³-hybridized carbons (Fsp3) is 0.467. The van der Waals surface area contributed by atoms with Crippen molar-refractivity contribution in [3.63, 3.8) is 0 Å². The number of methoxy groups -OCH3 is 3. The van der Waals surface area contributed by atoms with E-state index in [0.717, 1.165) is 22.6 Å². The average molecular weight is 262 g/mol. The summed E-state index contributed by atoms with van der Waals surface area (Å²) in [6.07, 6.45) is 4.11. The van der Waals surface area contributed by atoms with E-state index in [4.69, 9.17) is 14.2 Å². The first-order chi connectivity index (χ1) is 9.16. The summed E-state index contributed by atoms with van der Waals surface area (Å²) in [5, 5.41) is 10.3. The van der Waals surface area contributed by atoms with Crippen LogP contribution in [-0.2, 0) is 10.3 Å². The minimum atomic E-state index is -0.622. The molecule has 0 aliphatic heterocycles. The second kappa shape index (κ2) is 4.25. The summed E-state index contributed by atoms with van der Waals surface area (Å²) < 4.78 is 16.6. The number of benzene rings is 1. The summed E-state index contributed by atoms with van der Waals surface area (Å²) in [5.41, 5.74) is 1.34. The number of hydrogen-bond acceptors (Lipinski definition) is 4. The third kappa shape index (κ3) is 1.53. The summed E-state index contributed by atoms with van der Waals surface area (Å²) in [5.74, 6) is 1.49. The molecule has 0 amide bonds. The molecule has 4 heteroatoms. The molecule has 4 nitrogen and oxygen atoms in total. The van der Waals surface area contributed by atoms with Crippen molar-refractivity contribution in [3.8, 4) is 11.5 Å². The van der Waals surface area contributed by atoms with Crippen molar-refractivity contribution in [2.75, 3.05) is 21.3 Å². The molecular weight excluding hydrogens is 244 g/mol. The summed E-state index contributed by atoms with van der Waals surface area (Å²) >= 11 is 0. The standard InChI is InChI=1S/C15H18O4/c1-17-11-4-5-12(18-2)14-13(11)9-6-7-15(14,19-3)8-10(9)16/h4-7,9-10,16H,8H2,1-3H3. The second-order valence-electron chi connectivity index (χ2n) is 5.01. The van der Waals surface area contributed by atoms with Gasteiger partial charge in [-0.1, -0.05) is 12.2 Å². The van der Waals surface area contributed by atoms with Crippen LogP contribution in [0.1, 0.15) is 23.5 Å². The maximum absolute atomic E-state index is 10.3. The van der Waals surface area contributed by atoms with E-state index in [1.807, 2.05) is 24.3 Å². The molecule has 1 N–H and O–H groups in total. The third-order valence-electron chi connectivity index (χ3n) is 4.23. The van der Waals surface area contributed by atoms with Gasteiger partial charge in [-0.05, 0) is 12.1 Å². The third-order valence-corrected chi connectivity index (χ3v) is 4.23. The quantitative estimate of drug-likeness (QED) is 0.846. The maximum Gasteiger partial charge on any atom is 0.125 e. The molecule has 102 valence electrons. The topological polar surface area (TPSA) is 47.9 Å². The zero-order chi connectivity index (χ0) is 13.6. The van der Waals surface area contributed by atoms with Crippen LogP contribution in [0.3, 0.4) is 0 Å². The van der Waals surface area contributed by atoms with Crippen LogP contribution in [0.25, 0.3) is 0 Å². The van der Waals surface area contributed by atoms with E-state index in [2.05, 4.69) is 0 Å². The van der Waals surface area contributed by atoms with E-state index < -0.39 is 11.7 Å². The van der Waals surface area contributed by atoms with Gasteiger partial charge in [0.15, 0.2) is 0 Å². The van der Waals surface area contributed by atoms with Gasteiger partial charge >= 0.3 is 0 Å². The molecule has 19 heavy (non-hydrogen) atoms. The molecule has 0 saturated carbocycles. The molecule has 0 radical (unpaired) electrons. The van der Waals surface area contributed by atoms with Crippen molar-refractivity contribution in [1.82, 2.24) is 0 Å². The van der Waals surface area contributed by atoms with Gasteiger partial charge in [0.2, 0.25) is 0 Å². The molecule has 3 atom stereocenters. The van der Waals surface area contributed by atoms with Crippen molar-refractivity contribution in [2.24, 2.45) is 0 Å². The molecule has 3 aliphatic carbocycles. The number of hydrogen-bond donors (Lipinski definition) is 1. The van der Waals surface area contributed by atoms with E-state index in [1.54, 1.807) is 21.3 Å². The minimum absolute atomic E-state index is 0.0583. The van der Waals surface area contributed by atoms with Gasteiger partial charge in [-0.2, -0.15) is 0 Å². The first-order valence-corrected chi connectivity index (χ1v) is 6.35. The first-order valence-electron chi connectivity index (χ1n) is 6.35. The highest BCUT2D eigenvalue weighted by atomic mass is 16.5. The lowest BCUT2D eigenvalue weighted by molar-refractivity contribution is -0.0399. The Balaban J connectivity index is 2.32. The maximum atomic E-state index is 10.3. The largest absolute Gasteiger partial charge is 0.496 e. The summed E-state index contributed by atoms with van der Waals surface area (Å²) in [4.78, 5) is 0. The smallest absolute Gasteiger partial charge is 0.125 e. The predicted octanol–water partition coefficient (Wildman–Crippen LogP) is 1.96. The number of rotatable bonds is 3. The fourth-order valence-corrected chi connectivity index (χ4v) is 3.32. The minimum Gasteiger partial charge on any atom is -0.496 e. The van der Waals surface area contributed by atoms with Crippen LogP contribution in [0, 0.1) is 0 Å². The Morgan fingerprint density at radius 2 is 1.84 bits per heavy atom. The van der Waals surface area contributed by atoms with Crippen molar-refractivity contribution >= 4 is 0 Å². The molecule has 1 aromatic carbocycles. The van der Waals surface area contributed by atoms with Crippen LogP contribution >= 0.6 is 0 Å². The molecule has 0 saturated heterocycles. The van der Waals surface area contributed by atoms with Gasteiger partial charge in [-0.3, -0.25) is 0 Å². The van der Waals surface area contributed by atoms with E-state index in [9.17, 15) is 5.11 Å². The zero-order valence-electron chi connectivity index (χ0n) is 11.3.